The Kier molecular flexibility index (Phi) is 6.03. The maximum Gasteiger partial charge on any atom is 0.344 e. The molecule has 0 saturated heterocycles. The minimum atomic E-state index is -0.815. The molecule has 1 aromatic carbocycles. The highest BCUT2D eigenvalue weighted by molar-refractivity contribution is 5.83. The molecule has 5 nitrogen and oxygen atoms in total. The topological polar surface area (TPSA) is 64.6 Å². The van der Waals surface area contributed by atoms with E-state index in [4.69, 9.17) is 9.47 Å². The Balaban J connectivity index is 2.45. The van der Waals surface area contributed by atoms with Crippen LogP contribution in [0.5, 0.6) is 5.75 Å². The molecule has 0 heterocycles. The number of benzene rings is 1. The van der Waals surface area contributed by atoms with Gasteiger partial charge in [-0.2, -0.15) is 0 Å². The average Bonchev–Trinajstić information content (AvgIpc) is 2.37. The third-order valence-corrected chi connectivity index (χ3v) is 2.70. The Bertz CT molecular complexity index is 485. The molecule has 0 fully saturated rings. The monoisotopic (exact) mass is 279 g/mol. The van der Waals surface area contributed by atoms with Crippen molar-refractivity contribution in [2.24, 2.45) is 0 Å². The molecule has 0 spiro atoms. The fraction of sp³-hybridized carbons (Fsp3) is 0.467. The van der Waals surface area contributed by atoms with E-state index in [-0.39, 0.29) is 12.5 Å². The summed E-state index contributed by atoms with van der Waals surface area (Å²) in [6.07, 6.45) is -0.815. The summed E-state index contributed by atoms with van der Waals surface area (Å²) in [6, 6.07) is 5.69. The van der Waals surface area contributed by atoms with E-state index in [0.717, 1.165) is 11.1 Å². The molecule has 1 atom stereocenters. The Hall–Kier alpha value is -2.04. The van der Waals surface area contributed by atoms with Crippen LogP contribution in [0.15, 0.2) is 18.2 Å². The van der Waals surface area contributed by atoms with Crippen molar-refractivity contribution in [1.82, 2.24) is 5.32 Å². The number of hydrogen-bond donors (Lipinski definition) is 1. The van der Waals surface area contributed by atoms with E-state index in [1.54, 1.807) is 6.92 Å². The summed E-state index contributed by atoms with van der Waals surface area (Å²) in [7, 11) is 0. The van der Waals surface area contributed by atoms with Crippen LogP contribution in [0, 0.1) is 13.8 Å². The van der Waals surface area contributed by atoms with Crippen molar-refractivity contribution in [3.63, 3.8) is 0 Å². The summed E-state index contributed by atoms with van der Waals surface area (Å²) in [5.41, 5.74) is 2.08. The summed E-state index contributed by atoms with van der Waals surface area (Å²) >= 11 is 0. The highest BCUT2D eigenvalue weighted by Gasteiger charge is 2.17. The van der Waals surface area contributed by atoms with E-state index in [1.807, 2.05) is 32.0 Å². The zero-order valence-electron chi connectivity index (χ0n) is 12.4. The maximum absolute atomic E-state index is 11.6. The lowest BCUT2D eigenvalue weighted by Crippen LogP contribution is -2.36. The summed E-state index contributed by atoms with van der Waals surface area (Å²) < 4.78 is 10.4. The predicted octanol–water partition coefficient (Wildman–Crippen LogP) is 1.75. The van der Waals surface area contributed by atoms with Gasteiger partial charge in [-0.05, 0) is 39.3 Å². The molecule has 1 aromatic rings. The van der Waals surface area contributed by atoms with Gasteiger partial charge in [0.05, 0.1) is 0 Å². The normalized spacial score (nSPS) is 11.6. The average molecular weight is 279 g/mol. The lowest BCUT2D eigenvalue weighted by atomic mass is 10.1. The molecule has 1 rings (SSSR count). The first-order valence-electron chi connectivity index (χ1n) is 6.61. The number of hydrogen-bond acceptors (Lipinski definition) is 4. The summed E-state index contributed by atoms with van der Waals surface area (Å²) in [6.45, 7) is 7.51. The van der Waals surface area contributed by atoms with Crippen LogP contribution < -0.4 is 10.1 Å². The van der Waals surface area contributed by atoms with Crippen molar-refractivity contribution in [2.45, 2.75) is 33.8 Å². The van der Waals surface area contributed by atoms with Gasteiger partial charge in [0.15, 0.2) is 12.7 Å². The van der Waals surface area contributed by atoms with Crippen LogP contribution in [-0.4, -0.2) is 31.1 Å². The van der Waals surface area contributed by atoms with E-state index < -0.39 is 12.1 Å². The lowest BCUT2D eigenvalue weighted by Gasteiger charge is -2.13. The van der Waals surface area contributed by atoms with E-state index in [9.17, 15) is 9.59 Å². The highest BCUT2D eigenvalue weighted by atomic mass is 16.6. The summed E-state index contributed by atoms with van der Waals surface area (Å²) in [5.74, 6) is -0.241. The van der Waals surface area contributed by atoms with Gasteiger partial charge in [-0.15, -0.1) is 0 Å². The van der Waals surface area contributed by atoms with Crippen LogP contribution in [0.1, 0.15) is 25.0 Å². The largest absolute Gasteiger partial charge is 0.482 e. The minimum absolute atomic E-state index is 0.215. The van der Waals surface area contributed by atoms with Crippen LogP contribution >= 0.6 is 0 Å². The van der Waals surface area contributed by atoms with Crippen molar-refractivity contribution in [3.05, 3.63) is 29.3 Å². The van der Waals surface area contributed by atoms with Crippen LogP contribution in [0.2, 0.25) is 0 Å². The third-order valence-electron chi connectivity index (χ3n) is 2.70. The van der Waals surface area contributed by atoms with Gasteiger partial charge in [0.25, 0.3) is 5.91 Å². The number of rotatable bonds is 6. The molecule has 0 aromatic heterocycles. The number of esters is 1. The van der Waals surface area contributed by atoms with Gasteiger partial charge in [-0.3, -0.25) is 4.79 Å². The number of nitrogens with one attached hydrogen (secondary N) is 1. The first kappa shape index (κ1) is 16.0. The van der Waals surface area contributed by atoms with Crippen LogP contribution in [0.3, 0.4) is 0 Å². The SMILES string of the molecule is CCNC(=O)[C@H](C)OC(=O)COc1ccc(C)cc1C. The molecule has 0 aliphatic rings. The Morgan fingerprint density at radius 1 is 1.30 bits per heavy atom. The molecular weight excluding hydrogens is 258 g/mol. The number of ether oxygens (including phenoxy) is 2. The van der Waals surface area contributed by atoms with Crippen molar-refractivity contribution >= 4 is 11.9 Å². The van der Waals surface area contributed by atoms with Gasteiger partial charge < -0.3 is 14.8 Å². The number of carbonyl (C=O) groups is 2. The van der Waals surface area contributed by atoms with Gasteiger partial charge in [-0.25, -0.2) is 4.79 Å². The fourth-order valence-corrected chi connectivity index (χ4v) is 1.70. The molecule has 0 unspecified atom stereocenters. The van der Waals surface area contributed by atoms with Crippen molar-refractivity contribution in [3.8, 4) is 5.75 Å². The molecule has 0 bridgehead atoms. The molecule has 0 aliphatic carbocycles. The second-order valence-electron chi connectivity index (χ2n) is 4.58. The molecule has 110 valence electrons. The standard InChI is InChI=1S/C15H21NO4/c1-5-16-15(18)12(4)20-14(17)9-19-13-7-6-10(2)8-11(13)3/h6-8,12H,5,9H2,1-4H3,(H,16,18)/t12-/m0/s1. The molecule has 20 heavy (non-hydrogen) atoms. The van der Waals surface area contributed by atoms with Crippen molar-refractivity contribution in [1.29, 1.82) is 0 Å². The van der Waals surface area contributed by atoms with Crippen molar-refractivity contribution in [2.75, 3.05) is 13.2 Å². The van der Waals surface area contributed by atoms with Gasteiger partial charge in [-0.1, -0.05) is 17.7 Å². The van der Waals surface area contributed by atoms with Crippen molar-refractivity contribution < 1.29 is 19.1 Å². The molecular formula is C15H21NO4. The van der Waals surface area contributed by atoms with E-state index in [1.165, 1.54) is 6.92 Å². The first-order valence-corrected chi connectivity index (χ1v) is 6.61. The Morgan fingerprint density at radius 3 is 2.60 bits per heavy atom. The van der Waals surface area contributed by atoms with Crippen LogP contribution in [-0.2, 0) is 14.3 Å². The molecule has 0 aliphatic heterocycles. The number of aryl methyl sites for hydroxylation is 2. The zero-order chi connectivity index (χ0) is 15.1. The second kappa shape index (κ2) is 7.53. The van der Waals surface area contributed by atoms with E-state index in [0.29, 0.717) is 12.3 Å². The summed E-state index contributed by atoms with van der Waals surface area (Å²) in [5, 5.41) is 2.58. The lowest BCUT2D eigenvalue weighted by molar-refractivity contribution is -0.156. The molecule has 5 heteroatoms. The molecule has 1 N–H and O–H groups in total. The van der Waals surface area contributed by atoms with E-state index >= 15 is 0 Å². The smallest absolute Gasteiger partial charge is 0.344 e. The molecule has 0 radical (unpaired) electrons. The first-order chi connectivity index (χ1) is 9.43. The van der Waals surface area contributed by atoms with Gasteiger partial charge in [0.1, 0.15) is 5.75 Å². The minimum Gasteiger partial charge on any atom is -0.482 e. The molecule has 0 saturated carbocycles. The van der Waals surface area contributed by atoms with Crippen LogP contribution in [0.4, 0.5) is 0 Å². The maximum atomic E-state index is 11.6. The Morgan fingerprint density at radius 2 is 2.00 bits per heavy atom. The number of likely N-dealkylation sites (N-methyl/N-ethyl adjacent to an activating group) is 1. The van der Waals surface area contributed by atoms with Gasteiger partial charge >= 0.3 is 5.97 Å². The highest BCUT2D eigenvalue weighted by Crippen LogP contribution is 2.18. The molecule has 1 amide bonds. The second-order valence-corrected chi connectivity index (χ2v) is 4.58. The predicted molar refractivity (Wildman–Crippen MR) is 75.6 cm³/mol. The van der Waals surface area contributed by atoms with E-state index in [2.05, 4.69) is 5.32 Å². The quantitative estimate of drug-likeness (QED) is 0.806. The van der Waals surface area contributed by atoms with Gasteiger partial charge in [0.2, 0.25) is 0 Å². The fourth-order valence-electron chi connectivity index (χ4n) is 1.70. The number of amides is 1. The third kappa shape index (κ3) is 4.91. The van der Waals surface area contributed by atoms with Gasteiger partial charge in [0, 0.05) is 6.54 Å². The zero-order valence-corrected chi connectivity index (χ0v) is 12.4. The van der Waals surface area contributed by atoms with Crippen LogP contribution in [0.25, 0.3) is 0 Å². The Labute approximate surface area is 119 Å². The number of carbonyl (C=O) groups excluding carboxylic acids is 2. The summed E-state index contributed by atoms with van der Waals surface area (Å²) in [4.78, 5) is 23.0.